The van der Waals surface area contributed by atoms with Gasteiger partial charge in [0.2, 0.25) is 0 Å². The van der Waals surface area contributed by atoms with Gasteiger partial charge in [-0.2, -0.15) is 0 Å². The number of nitrogens with two attached hydrogens (primary N) is 1. The fraction of sp³-hybridized carbons (Fsp3) is 0. The van der Waals surface area contributed by atoms with Crippen LogP contribution in [-0.4, -0.2) is 10.3 Å². The van der Waals surface area contributed by atoms with E-state index in [1.807, 2.05) is 0 Å². The van der Waals surface area contributed by atoms with Gasteiger partial charge >= 0.3 is 0 Å². The highest BCUT2D eigenvalue weighted by atomic mass is 35.5. The maximum absolute atomic E-state index is 6.00. The number of nitrogens with one attached hydrogen (secondary N) is 1. The van der Waals surface area contributed by atoms with Crippen LogP contribution in [0.2, 0.25) is 10.0 Å². The summed E-state index contributed by atoms with van der Waals surface area (Å²) < 4.78 is 4.64. The number of nitrogens with zero attached hydrogens (tertiary/aromatic N) is 2. The summed E-state index contributed by atoms with van der Waals surface area (Å²) >= 11 is 11.8. The summed E-state index contributed by atoms with van der Waals surface area (Å²) in [6.07, 6.45) is 0. The quantitative estimate of drug-likeness (QED) is 0.702. The molecular weight excluding hydrogens is 287 g/mol. The van der Waals surface area contributed by atoms with Crippen LogP contribution in [0.1, 0.15) is 0 Å². The van der Waals surface area contributed by atoms with Crippen molar-refractivity contribution in [2.45, 2.75) is 0 Å². The van der Waals surface area contributed by atoms with E-state index in [4.69, 9.17) is 28.9 Å². The molecule has 1 aromatic heterocycles. The van der Waals surface area contributed by atoms with Crippen molar-refractivity contribution in [1.29, 1.82) is 0 Å². The smallest absolute Gasteiger partial charge is 0.160 e. The zero-order chi connectivity index (χ0) is 13.4. The number of benzene rings is 2. The first-order valence-electron chi connectivity index (χ1n) is 5.38. The highest BCUT2D eigenvalue weighted by Crippen LogP contribution is 2.31. The normalized spacial score (nSPS) is 10.8. The Morgan fingerprint density at radius 2 is 1.89 bits per heavy atom. The van der Waals surface area contributed by atoms with Crippen molar-refractivity contribution >= 4 is 51.3 Å². The van der Waals surface area contributed by atoms with E-state index < -0.39 is 0 Å². The second-order valence-corrected chi connectivity index (χ2v) is 4.73. The van der Waals surface area contributed by atoms with Crippen molar-refractivity contribution in [3.63, 3.8) is 0 Å². The van der Waals surface area contributed by atoms with E-state index in [1.165, 1.54) is 0 Å². The minimum Gasteiger partial charge on any atom is -0.395 e. The average molecular weight is 295 g/mol. The van der Waals surface area contributed by atoms with Gasteiger partial charge in [-0.05, 0) is 40.6 Å². The van der Waals surface area contributed by atoms with E-state index in [1.54, 1.807) is 30.3 Å². The highest BCUT2D eigenvalue weighted by Gasteiger charge is 2.09. The lowest BCUT2D eigenvalue weighted by Gasteiger charge is -2.09. The molecule has 0 saturated carbocycles. The SMILES string of the molecule is Nc1c(Nc2ccc(Cl)c(Cl)c2)ccc2nonc12. The molecule has 0 unspecified atom stereocenters. The van der Waals surface area contributed by atoms with Crippen molar-refractivity contribution < 1.29 is 4.63 Å². The van der Waals surface area contributed by atoms with Crippen molar-refractivity contribution in [1.82, 2.24) is 10.3 Å². The van der Waals surface area contributed by atoms with Crippen molar-refractivity contribution in [3.05, 3.63) is 40.4 Å². The number of halogens is 2. The van der Waals surface area contributed by atoms with Crippen LogP contribution in [0.4, 0.5) is 17.1 Å². The molecule has 3 N–H and O–H groups in total. The molecule has 3 rings (SSSR count). The van der Waals surface area contributed by atoms with Gasteiger partial charge in [-0.15, -0.1) is 0 Å². The van der Waals surface area contributed by atoms with Crippen molar-refractivity contribution in [3.8, 4) is 0 Å². The first-order valence-corrected chi connectivity index (χ1v) is 6.13. The van der Waals surface area contributed by atoms with Gasteiger partial charge in [-0.3, -0.25) is 0 Å². The Hall–Kier alpha value is -1.98. The van der Waals surface area contributed by atoms with Gasteiger partial charge in [-0.25, -0.2) is 4.63 Å². The number of fused-ring (bicyclic) bond motifs is 1. The Morgan fingerprint density at radius 1 is 1.05 bits per heavy atom. The zero-order valence-corrected chi connectivity index (χ0v) is 11.0. The minimum absolute atomic E-state index is 0.463. The van der Waals surface area contributed by atoms with Crippen LogP contribution in [0, 0.1) is 0 Å². The molecule has 0 radical (unpaired) electrons. The number of rotatable bonds is 2. The Kier molecular flexibility index (Phi) is 2.93. The summed E-state index contributed by atoms with van der Waals surface area (Å²) in [5.41, 5.74) is 9.06. The van der Waals surface area contributed by atoms with Crippen LogP contribution in [-0.2, 0) is 0 Å². The second kappa shape index (κ2) is 4.60. The summed E-state index contributed by atoms with van der Waals surface area (Å²) in [6, 6.07) is 8.79. The van der Waals surface area contributed by atoms with Crippen LogP contribution < -0.4 is 11.1 Å². The van der Waals surface area contributed by atoms with E-state index in [2.05, 4.69) is 20.3 Å². The summed E-state index contributed by atoms with van der Waals surface area (Å²) in [7, 11) is 0. The van der Waals surface area contributed by atoms with Crippen LogP contribution in [0.15, 0.2) is 35.0 Å². The summed E-state index contributed by atoms with van der Waals surface area (Å²) in [6.45, 7) is 0. The minimum atomic E-state index is 0.463. The summed E-state index contributed by atoms with van der Waals surface area (Å²) in [4.78, 5) is 0. The van der Waals surface area contributed by atoms with E-state index in [9.17, 15) is 0 Å². The third-order valence-corrected chi connectivity index (χ3v) is 3.40. The molecule has 0 aliphatic heterocycles. The molecule has 1 heterocycles. The molecule has 7 heteroatoms. The predicted octanol–water partition coefficient (Wildman–Crippen LogP) is 3.86. The van der Waals surface area contributed by atoms with E-state index in [0.29, 0.717) is 32.5 Å². The molecule has 3 aromatic rings. The van der Waals surface area contributed by atoms with E-state index in [0.717, 1.165) is 5.69 Å². The second-order valence-electron chi connectivity index (χ2n) is 3.91. The molecule has 0 amide bonds. The zero-order valence-electron chi connectivity index (χ0n) is 9.52. The van der Waals surface area contributed by atoms with Gasteiger partial charge in [0.25, 0.3) is 0 Å². The molecule has 2 aromatic carbocycles. The highest BCUT2D eigenvalue weighted by molar-refractivity contribution is 6.42. The first-order chi connectivity index (χ1) is 9.15. The molecule has 0 saturated heterocycles. The fourth-order valence-corrected chi connectivity index (χ4v) is 2.01. The number of hydrogen-bond donors (Lipinski definition) is 2. The number of anilines is 3. The molecule has 0 bridgehead atoms. The van der Waals surface area contributed by atoms with E-state index in [-0.39, 0.29) is 0 Å². The molecular formula is C12H8Cl2N4O. The average Bonchev–Trinajstić information content (AvgIpc) is 2.86. The monoisotopic (exact) mass is 294 g/mol. The molecule has 0 fully saturated rings. The summed E-state index contributed by atoms with van der Waals surface area (Å²) in [5, 5.41) is 11.6. The molecule has 0 aliphatic rings. The van der Waals surface area contributed by atoms with Crippen molar-refractivity contribution in [2.75, 3.05) is 11.1 Å². The van der Waals surface area contributed by atoms with Gasteiger partial charge in [0.05, 0.1) is 21.4 Å². The lowest BCUT2D eigenvalue weighted by atomic mass is 10.2. The Balaban J connectivity index is 2.00. The maximum Gasteiger partial charge on any atom is 0.160 e. The predicted molar refractivity (Wildman–Crippen MR) is 76.0 cm³/mol. The van der Waals surface area contributed by atoms with Crippen LogP contribution in [0.25, 0.3) is 11.0 Å². The Bertz CT molecular complexity index is 757. The van der Waals surface area contributed by atoms with Gasteiger partial charge in [0, 0.05) is 5.69 Å². The fourth-order valence-electron chi connectivity index (χ4n) is 1.71. The Morgan fingerprint density at radius 3 is 2.68 bits per heavy atom. The molecule has 0 aliphatic carbocycles. The molecule has 19 heavy (non-hydrogen) atoms. The third kappa shape index (κ3) is 2.18. The van der Waals surface area contributed by atoms with Crippen LogP contribution in [0.5, 0.6) is 0 Å². The molecule has 0 spiro atoms. The standard InChI is InChI=1S/C12H8Cl2N4O/c13-7-2-1-6(5-8(7)14)16-9-3-4-10-12(11(9)15)18-19-17-10/h1-5,16H,15H2. The van der Waals surface area contributed by atoms with E-state index >= 15 is 0 Å². The lowest BCUT2D eigenvalue weighted by molar-refractivity contribution is 0.315. The molecule has 96 valence electrons. The number of aromatic nitrogens is 2. The molecule has 5 nitrogen and oxygen atoms in total. The lowest BCUT2D eigenvalue weighted by Crippen LogP contribution is -1.97. The van der Waals surface area contributed by atoms with Crippen molar-refractivity contribution in [2.24, 2.45) is 0 Å². The van der Waals surface area contributed by atoms with Gasteiger partial charge in [0.15, 0.2) is 5.52 Å². The first kappa shape index (κ1) is 12.1. The topological polar surface area (TPSA) is 77.0 Å². The van der Waals surface area contributed by atoms with Gasteiger partial charge in [0.1, 0.15) is 5.52 Å². The van der Waals surface area contributed by atoms with Gasteiger partial charge in [-0.1, -0.05) is 23.2 Å². The number of nitrogen functional groups attached to an aromatic ring is 1. The summed E-state index contributed by atoms with van der Waals surface area (Å²) in [5.74, 6) is 0. The Labute approximate surface area is 118 Å². The maximum atomic E-state index is 6.00. The largest absolute Gasteiger partial charge is 0.395 e. The van der Waals surface area contributed by atoms with Gasteiger partial charge < -0.3 is 11.1 Å². The third-order valence-electron chi connectivity index (χ3n) is 2.67. The van der Waals surface area contributed by atoms with Crippen LogP contribution in [0.3, 0.4) is 0 Å². The van der Waals surface area contributed by atoms with Crippen LogP contribution >= 0.6 is 23.2 Å². The number of hydrogen-bond acceptors (Lipinski definition) is 5. The molecule has 0 atom stereocenters.